The molecule has 0 saturated carbocycles. The zero-order valence-electron chi connectivity index (χ0n) is 19.7. The number of nitrogens with one attached hydrogen (secondary N) is 1. The largest absolute Gasteiger partial charge is 0.490 e. The number of benzene rings is 1. The van der Waals surface area contributed by atoms with Crippen molar-refractivity contribution in [3.8, 4) is 5.75 Å². The number of carboxylic acids is 1. The molecule has 1 unspecified atom stereocenters. The lowest BCUT2D eigenvalue weighted by Gasteiger charge is -2.43. The minimum atomic E-state index is -1.02. The van der Waals surface area contributed by atoms with Gasteiger partial charge in [0.2, 0.25) is 11.8 Å². The first-order valence-electron chi connectivity index (χ1n) is 11.2. The molecule has 1 aromatic rings. The van der Waals surface area contributed by atoms with Gasteiger partial charge in [0, 0.05) is 4.75 Å². The van der Waals surface area contributed by atoms with Gasteiger partial charge < -0.3 is 20.1 Å². The summed E-state index contributed by atoms with van der Waals surface area (Å²) in [6.45, 7) is 12.1. The molecule has 0 aromatic heterocycles. The molecular formula is C24H34N2O5S. The summed E-state index contributed by atoms with van der Waals surface area (Å²) in [6, 6.07) is 6.42. The van der Waals surface area contributed by atoms with E-state index in [4.69, 9.17) is 4.74 Å². The number of hydrogen-bond donors (Lipinski definition) is 2. The molecule has 7 nitrogen and oxygen atoms in total. The Kier molecular flexibility index (Phi) is 6.84. The van der Waals surface area contributed by atoms with E-state index < -0.39 is 22.8 Å². The molecule has 2 fully saturated rings. The number of nitrogens with zero attached hydrogens (tertiary/aromatic N) is 1. The topological polar surface area (TPSA) is 95.9 Å². The van der Waals surface area contributed by atoms with Crippen molar-refractivity contribution in [3.63, 3.8) is 0 Å². The van der Waals surface area contributed by atoms with Crippen molar-refractivity contribution in [2.45, 2.75) is 94.5 Å². The molecule has 2 amide bonds. The van der Waals surface area contributed by atoms with Gasteiger partial charge in [0.1, 0.15) is 29.3 Å². The van der Waals surface area contributed by atoms with Crippen molar-refractivity contribution in [3.05, 3.63) is 29.8 Å². The zero-order valence-corrected chi connectivity index (χ0v) is 20.5. The number of carbonyl (C=O) groups is 3. The maximum Gasteiger partial charge on any atom is 0.327 e. The highest BCUT2D eigenvalue weighted by Gasteiger charge is 2.64. The van der Waals surface area contributed by atoms with Gasteiger partial charge in [-0.25, -0.2) is 4.79 Å². The first-order chi connectivity index (χ1) is 14.9. The third kappa shape index (κ3) is 4.60. The van der Waals surface area contributed by atoms with Crippen LogP contribution in [0.5, 0.6) is 5.75 Å². The molecule has 2 aliphatic heterocycles. The number of amides is 2. The molecule has 0 radical (unpaired) electrons. The van der Waals surface area contributed by atoms with Gasteiger partial charge in [-0.15, -0.1) is 11.8 Å². The Hall–Kier alpha value is -2.22. The Morgan fingerprint density at radius 2 is 1.88 bits per heavy atom. The Bertz CT molecular complexity index is 883. The molecule has 1 aromatic carbocycles. The average molecular weight is 463 g/mol. The number of hydrogen-bond acceptors (Lipinski definition) is 5. The molecule has 2 heterocycles. The third-order valence-electron chi connectivity index (χ3n) is 6.68. The van der Waals surface area contributed by atoms with E-state index in [9.17, 15) is 19.5 Å². The molecule has 2 N–H and O–H groups in total. The fourth-order valence-corrected chi connectivity index (χ4v) is 5.86. The van der Waals surface area contributed by atoms with E-state index in [0.717, 1.165) is 6.42 Å². The van der Waals surface area contributed by atoms with Crippen LogP contribution < -0.4 is 10.1 Å². The lowest BCUT2D eigenvalue weighted by molar-refractivity contribution is -0.161. The Morgan fingerprint density at radius 1 is 1.25 bits per heavy atom. The van der Waals surface area contributed by atoms with Gasteiger partial charge in [-0.2, -0.15) is 0 Å². The smallest absolute Gasteiger partial charge is 0.327 e. The van der Waals surface area contributed by atoms with Crippen molar-refractivity contribution in [1.29, 1.82) is 0 Å². The number of carboxylic acid groups (broad SMARTS) is 1. The van der Waals surface area contributed by atoms with E-state index in [1.165, 1.54) is 22.2 Å². The highest BCUT2D eigenvalue weighted by atomic mass is 32.2. The molecule has 2 aliphatic rings. The van der Waals surface area contributed by atoms with Gasteiger partial charge in [0.15, 0.2) is 0 Å². The quantitative estimate of drug-likeness (QED) is 0.545. The second-order valence-corrected chi connectivity index (χ2v) is 11.5. The number of β-lactam (4-membered cyclic amide) rings is 1. The van der Waals surface area contributed by atoms with Crippen LogP contribution in [0.4, 0.5) is 0 Å². The van der Waals surface area contributed by atoms with E-state index in [0.29, 0.717) is 12.2 Å². The Balaban J connectivity index is 1.57. The normalized spacial score (nSPS) is 25.0. The molecule has 0 bridgehead atoms. The molecular weight excluding hydrogens is 428 g/mol. The van der Waals surface area contributed by atoms with Crippen molar-refractivity contribution < 1.29 is 24.2 Å². The maximum atomic E-state index is 12.7. The maximum absolute atomic E-state index is 12.7. The van der Waals surface area contributed by atoms with Crippen LogP contribution in [0.25, 0.3) is 0 Å². The second kappa shape index (κ2) is 8.96. The Labute approximate surface area is 194 Å². The van der Waals surface area contributed by atoms with E-state index in [2.05, 4.69) is 38.2 Å². The summed E-state index contributed by atoms with van der Waals surface area (Å²) in [5, 5.41) is 12.0. The van der Waals surface area contributed by atoms with Crippen LogP contribution in [-0.2, 0) is 19.8 Å². The molecule has 8 heteroatoms. The van der Waals surface area contributed by atoms with E-state index in [-0.39, 0.29) is 35.1 Å². The zero-order chi connectivity index (χ0) is 23.8. The van der Waals surface area contributed by atoms with E-state index in [1.54, 1.807) is 0 Å². The van der Waals surface area contributed by atoms with Crippen LogP contribution in [0.3, 0.4) is 0 Å². The van der Waals surface area contributed by atoms with Crippen LogP contribution in [0.1, 0.15) is 66.4 Å². The van der Waals surface area contributed by atoms with Gasteiger partial charge >= 0.3 is 5.97 Å². The van der Waals surface area contributed by atoms with Crippen LogP contribution >= 0.6 is 11.8 Å². The third-order valence-corrected chi connectivity index (χ3v) is 8.25. The predicted molar refractivity (Wildman–Crippen MR) is 125 cm³/mol. The first kappa shape index (κ1) is 24.4. The summed E-state index contributed by atoms with van der Waals surface area (Å²) in [6.07, 6.45) is 1.50. The molecule has 4 atom stereocenters. The first-order valence-corrected chi connectivity index (χ1v) is 12.1. The second-order valence-electron chi connectivity index (χ2n) is 9.76. The SMILES string of the molecule is CCC(CC(=O)N[C@@H]1C(=O)N2[C@@H]1SC(C)(C)[C@@H]2C(=O)O)Oc1ccc(C(C)(C)CC)cc1. The van der Waals surface area contributed by atoms with Gasteiger partial charge in [-0.05, 0) is 49.8 Å². The standard InChI is InChI=1S/C24H34N2O5S/c1-7-15(31-16-11-9-14(10-12-16)23(3,4)8-2)13-17(27)25-18-20(28)26-19(22(29)30)24(5,6)32-21(18)26/h9-12,15,18-19,21H,7-8,13H2,1-6H3,(H,25,27)(H,29,30)/t15?,18-,19+,21-/m1/s1. The van der Waals surface area contributed by atoms with Gasteiger partial charge in [-0.3, -0.25) is 9.59 Å². The number of rotatable bonds is 9. The monoisotopic (exact) mass is 462 g/mol. The van der Waals surface area contributed by atoms with E-state index >= 15 is 0 Å². The van der Waals surface area contributed by atoms with Crippen molar-refractivity contribution in [2.24, 2.45) is 0 Å². The molecule has 0 spiro atoms. The number of fused-ring (bicyclic) bond motifs is 1. The minimum absolute atomic E-state index is 0.0955. The van der Waals surface area contributed by atoms with Crippen LogP contribution in [-0.4, -0.2) is 56.1 Å². The van der Waals surface area contributed by atoms with Gasteiger partial charge in [0.25, 0.3) is 0 Å². The number of ether oxygens (including phenoxy) is 1. The summed E-state index contributed by atoms with van der Waals surface area (Å²) < 4.78 is 5.41. The fraction of sp³-hybridized carbons (Fsp3) is 0.625. The van der Waals surface area contributed by atoms with Crippen molar-refractivity contribution >= 4 is 29.5 Å². The predicted octanol–water partition coefficient (Wildman–Crippen LogP) is 3.55. The lowest BCUT2D eigenvalue weighted by atomic mass is 9.82. The van der Waals surface area contributed by atoms with Gasteiger partial charge in [-0.1, -0.05) is 39.8 Å². The Morgan fingerprint density at radius 3 is 2.41 bits per heavy atom. The van der Waals surface area contributed by atoms with E-state index in [1.807, 2.05) is 32.9 Å². The minimum Gasteiger partial charge on any atom is -0.490 e. The molecule has 176 valence electrons. The average Bonchev–Trinajstić information content (AvgIpc) is 3.00. The highest BCUT2D eigenvalue weighted by molar-refractivity contribution is 8.01. The summed E-state index contributed by atoms with van der Waals surface area (Å²) in [4.78, 5) is 38.2. The molecule has 2 saturated heterocycles. The van der Waals surface area contributed by atoms with Crippen molar-refractivity contribution in [1.82, 2.24) is 10.2 Å². The summed E-state index contributed by atoms with van der Waals surface area (Å²) >= 11 is 1.42. The summed E-state index contributed by atoms with van der Waals surface area (Å²) in [5.74, 6) is -0.910. The van der Waals surface area contributed by atoms with Crippen LogP contribution in [0.2, 0.25) is 0 Å². The molecule has 3 rings (SSSR count). The van der Waals surface area contributed by atoms with Crippen LogP contribution in [0, 0.1) is 0 Å². The summed E-state index contributed by atoms with van der Waals surface area (Å²) in [5.41, 5.74) is 1.33. The van der Waals surface area contributed by atoms with Crippen LogP contribution in [0.15, 0.2) is 24.3 Å². The number of carbonyl (C=O) groups excluding carboxylic acids is 2. The van der Waals surface area contributed by atoms with Crippen molar-refractivity contribution in [2.75, 3.05) is 0 Å². The number of aliphatic carboxylic acids is 1. The highest BCUT2D eigenvalue weighted by Crippen LogP contribution is 2.50. The molecule has 32 heavy (non-hydrogen) atoms. The fourth-order valence-electron chi connectivity index (χ4n) is 4.24. The summed E-state index contributed by atoms with van der Waals surface area (Å²) in [7, 11) is 0. The van der Waals surface area contributed by atoms with Gasteiger partial charge in [0.05, 0.1) is 6.42 Å². The number of thioether (sulfide) groups is 1. The lowest BCUT2D eigenvalue weighted by Crippen LogP contribution is -2.70. The molecule has 0 aliphatic carbocycles.